The number of nitrogens with two attached hydrogens (primary N) is 1. The number of amides is 2. The first-order valence-electron chi connectivity index (χ1n) is 5.73. The molecule has 1 aliphatic heterocycles. The number of imide groups is 1. The summed E-state index contributed by atoms with van der Waals surface area (Å²) in [6, 6.07) is 6.69. The lowest BCUT2D eigenvalue weighted by Gasteiger charge is -2.21. The van der Waals surface area contributed by atoms with E-state index in [0.717, 1.165) is 0 Å². The van der Waals surface area contributed by atoms with Gasteiger partial charge in [0.15, 0.2) is 0 Å². The Morgan fingerprint density at radius 3 is 2.00 bits per heavy atom. The third-order valence-electron chi connectivity index (χ3n) is 3.13. The molecule has 0 fully saturated rings. The smallest absolute Gasteiger partial charge is 0.261 e. The molecule has 17 heavy (non-hydrogen) atoms. The molecule has 0 saturated carbocycles. The van der Waals surface area contributed by atoms with E-state index in [0.29, 0.717) is 11.1 Å². The van der Waals surface area contributed by atoms with Crippen molar-refractivity contribution in [3.8, 4) is 0 Å². The number of carbonyl (C=O) groups excluding carboxylic acids is 2. The second-order valence-electron chi connectivity index (χ2n) is 4.67. The van der Waals surface area contributed by atoms with E-state index in [9.17, 15) is 9.59 Å². The number of rotatable bonds is 3. The highest BCUT2D eigenvalue weighted by Gasteiger charge is 2.35. The Hall–Kier alpha value is -1.68. The first kappa shape index (κ1) is 11.8. The van der Waals surface area contributed by atoms with Crippen LogP contribution in [0.1, 0.15) is 34.6 Å². The fourth-order valence-electron chi connectivity index (χ4n) is 1.83. The number of hydrogen-bond donors (Lipinski definition) is 1. The Morgan fingerprint density at radius 1 is 1.12 bits per heavy atom. The van der Waals surface area contributed by atoms with Gasteiger partial charge in [0.25, 0.3) is 11.8 Å². The Labute approximate surface area is 100 Å². The van der Waals surface area contributed by atoms with Crippen LogP contribution in [0, 0.1) is 5.92 Å². The van der Waals surface area contributed by atoms with Crippen molar-refractivity contribution >= 4 is 11.8 Å². The normalized spacial score (nSPS) is 16.6. The van der Waals surface area contributed by atoms with Crippen molar-refractivity contribution in [2.24, 2.45) is 11.7 Å². The molecular weight excluding hydrogens is 216 g/mol. The molecule has 1 aromatic carbocycles. The zero-order valence-corrected chi connectivity index (χ0v) is 10.0. The van der Waals surface area contributed by atoms with Crippen LogP contribution < -0.4 is 5.73 Å². The lowest BCUT2D eigenvalue weighted by molar-refractivity contribution is 0.0637. The van der Waals surface area contributed by atoms with Gasteiger partial charge >= 0.3 is 0 Å². The molecule has 1 heterocycles. The van der Waals surface area contributed by atoms with Crippen LogP contribution in [0.15, 0.2) is 24.3 Å². The van der Waals surface area contributed by atoms with Gasteiger partial charge in [0.05, 0.1) is 11.1 Å². The summed E-state index contributed by atoms with van der Waals surface area (Å²) >= 11 is 0. The van der Waals surface area contributed by atoms with E-state index in [2.05, 4.69) is 0 Å². The minimum atomic E-state index is -0.235. The summed E-state index contributed by atoms with van der Waals surface area (Å²) in [6.45, 7) is 4.23. The Morgan fingerprint density at radius 2 is 1.59 bits per heavy atom. The summed E-state index contributed by atoms with van der Waals surface area (Å²) < 4.78 is 0. The summed E-state index contributed by atoms with van der Waals surface area (Å²) in [5, 5.41) is 0. The first-order valence-corrected chi connectivity index (χ1v) is 5.73. The zero-order valence-electron chi connectivity index (χ0n) is 10.0. The lowest BCUT2D eigenvalue weighted by Crippen LogP contribution is -2.43. The first-order chi connectivity index (χ1) is 8.02. The molecule has 2 amide bonds. The summed E-state index contributed by atoms with van der Waals surface area (Å²) in [4.78, 5) is 25.3. The molecule has 0 bridgehead atoms. The second kappa shape index (κ2) is 4.30. The average Bonchev–Trinajstić information content (AvgIpc) is 2.55. The maximum absolute atomic E-state index is 12.0. The Kier molecular flexibility index (Phi) is 2.98. The highest BCUT2D eigenvalue weighted by molar-refractivity contribution is 6.21. The molecule has 0 aliphatic carbocycles. The van der Waals surface area contributed by atoms with E-state index < -0.39 is 0 Å². The van der Waals surface area contributed by atoms with E-state index in [-0.39, 0.29) is 30.3 Å². The van der Waals surface area contributed by atoms with Crippen LogP contribution in [0.25, 0.3) is 0 Å². The lowest BCUT2D eigenvalue weighted by atomic mass is 10.1. The van der Waals surface area contributed by atoms with Crippen LogP contribution in [0.4, 0.5) is 0 Å². The average molecular weight is 232 g/mol. The van der Waals surface area contributed by atoms with Crippen LogP contribution in [0.3, 0.4) is 0 Å². The van der Waals surface area contributed by atoms with Gasteiger partial charge in [-0.3, -0.25) is 14.5 Å². The quantitative estimate of drug-likeness (QED) is 0.798. The molecule has 0 aromatic heterocycles. The number of hydrogen-bond acceptors (Lipinski definition) is 3. The van der Waals surface area contributed by atoms with Crippen molar-refractivity contribution in [1.82, 2.24) is 4.90 Å². The maximum atomic E-state index is 12.0. The van der Waals surface area contributed by atoms with Crippen molar-refractivity contribution in [2.45, 2.75) is 19.9 Å². The van der Waals surface area contributed by atoms with Gasteiger partial charge in [0.1, 0.15) is 0 Å². The molecule has 90 valence electrons. The van der Waals surface area contributed by atoms with E-state index in [4.69, 9.17) is 5.73 Å². The van der Waals surface area contributed by atoms with E-state index >= 15 is 0 Å². The third kappa shape index (κ3) is 1.96. The van der Waals surface area contributed by atoms with Gasteiger partial charge in [0.2, 0.25) is 0 Å². The Balaban J connectivity index is 2.25. The van der Waals surface area contributed by atoms with E-state index in [1.165, 1.54) is 4.90 Å². The monoisotopic (exact) mass is 232 g/mol. The topological polar surface area (TPSA) is 63.4 Å². The molecule has 0 unspecified atom stereocenters. The molecule has 4 nitrogen and oxygen atoms in total. The number of carbonyl (C=O) groups is 2. The number of benzene rings is 1. The van der Waals surface area contributed by atoms with Gasteiger partial charge in [-0.25, -0.2) is 0 Å². The van der Waals surface area contributed by atoms with Gasteiger partial charge < -0.3 is 5.73 Å². The minimum absolute atomic E-state index is 0.183. The van der Waals surface area contributed by atoms with Crippen molar-refractivity contribution in [3.05, 3.63) is 35.4 Å². The predicted octanol–water partition coefficient (Wildman–Crippen LogP) is 1.27. The summed E-state index contributed by atoms with van der Waals surface area (Å²) in [5.41, 5.74) is 6.87. The van der Waals surface area contributed by atoms with Crippen LogP contribution in [0.2, 0.25) is 0 Å². The molecule has 0 radical (unpaired) electrons. The third-order valence-corrected chi connectivity index (χ3v) is 3.13. The molecule has 4 heteroatoms. The molecule has 2 rings (SSSR count). The summed E-state index contributed by atoms with van der Waals surface area (Å²) in [6.07, 6.45) is 0. The summed E-state index contributed by atoms with van der Waals surface area (Å²) in [7, 11) is 0. The maximum Gasteiger partial charge on any atom is 0.261 e. The zero-order chi connectivity index (χ0) is 12.6. The largest absolute Gasteiger partial charge is 0.326 e. The summed E-state index contributed by atoms with van der Waals surface area (Å²) in [5.74, 6) is -0.234. The molecular formula is C13H16N2O2. The number of fused-ring (bicyclic) bond motifs is 1. The van der Waals surface area contributed by atoms with Crippen molar-refractivity contribution in [3.63, 3.8) is 0 Å². The van der Waals surface area contributed by atoms with Crippen molar-refractivity contribution in [1.29, 1.82) is 0 Å². The fraction of sp³-hybridized carbons (Fsp3) is 0.385. The van der Waals surface area contributed by atoms with Gasteiger partial charge in [0, 0.05) is 12.6 Å². The molecule has 1 aromatic rings. The molecule has 2 N–H and O–H groups in total. The van der Waals surface area contributed by atoms with Gasteiger partial charge in [-0.1, -0.05) is 26.0 Å². The van der Waals surface area contributed by atoms with E-state index in [1.807, 2.05) is 13.8 Å². The highest BCUT2D eigenvalue weighted by atomic mass is 16.2. The van der Waals surface area contributed by atoms with Gasteiger partial charge in [-0.05, 0) is 18.1 Å². The fourth-order valence-corrected chi connectivity index (χ4v) is 1.83. The molecule has 0 spiro atoms. The number of nitrogens with zero attached hydrogens (tertiary/aromatic N) is 1. The van der Waals surface area contributed by atoms with Crippen LogP contribution in [-0.2, 0) is 0 Å². The van der Waals surface area contributed by atoms with Crippen LogP contribution in [-0.4, -0.2) is 29.3 Å². The predicted molar refractivity (Wildman–Crippen MR) is 64.6 cm³/mol. The SMILES string of the molecule is CC(C)[C@@H](N)CN1C(=O)c2ccccc2C1=O. The standard InChI is InChI=1S/C13H16N2O2/c1-8(2)11(14)7-15-12(16)9-5-3-4-6-10(9)13(15)17/h3-6,8,11H,7,14H2,1-2H3/t11-/m0/s1. The highest BCUT2D eigenvalue weighted by Crippen LogP contribution is 2.22. The van der Waals surface area contributed by atoms with Crippen LogP contribution in [0.5, 0.6) is 0 Å². The van der Waals surface area contributed by atoms with Crippen molar-refractivity contribution in [2.75, 3.05) is 6.54 Å². The second-order valence-corrected chi connectivity index (χ2v) is 4.67. The van der Waals surface area contributed by atoms with Gasteiger partial charge in [-0.2, -0.15) is 0 Å². The van der Waals surface area contributed by atoms with Crippen molar-refractivity contribution < 1.29 is 9.59 Å². The van der Waals surface area contributed by atoms with Gasteiger partial charge in [-0.15, -0.1) is 0 Å². The van der Waals surface area contributed by atoms with E-state index in [1.54, 1.807) is 24.3 Å². The minimum Gasteiger partial charge on any atom is -0.326 e. The Bertz CT molecular complexity index is 433. The molecule has 1 atom stereocenters. The molecule has 0 saturated heterocycles. The van der Waals surface area contributed by atoms with Crippen LogP contribution >= 0.6 is 0 Å². The molecule has 1 aliphatic rings.